The molecule has 3 aromatic rings. The van der Waals surface area contributed by atoms with Gasteiger partial charge in [-0.3, -0.25) is 4.79 Å². The van der Waals surface area contributed by atoms with Gasteiger partial charge in [-0.1, -0.05) is 42.5 Å². The van der Waals surface area contributed by atoms with Gasteiger partial charge in [0.05, 0.1) is 7.11 Å². The van der Waals surface area contributed by atoms with Gasteiger partial charge >= 0.3 is 0 Å². The second kappa shape index (κ2) is 5.43. The van der Waals surface area contributed by atoms with Crippen LogP contribution in [0.3, 0.4) is 0 Å². The largest absolute Gasteiger partial charge is 0.496 e. The van der Waals surface area contributed by atoms with Crippen molar-refractivity contribution in [3.05, 3.63) is 75.9 Å². The molecule has 4 rings (SSSR count). The molecule has 0 fully saturated rings. The highest BCUT2D eigenvalue weighted by Crippen LogP contribution is 2.38. The number of methoxy groups -OCH3 is 1. The zero-order chi connectivity index (χ0) is 15.8. The van der Waals surface area contributed by atoms with Gasteiger partial charge in [0.1, 0.15) is 17.3 Å². The van der Waals surface area contributed by atoms with Crippen molar-refractivity contribution in [1.82, 2.24) is 0 Å². The van der Waals surface area contributed by atoms with E-state index in [2.05, 4.69) is 0 Å². The average molecular weight is 304 g/mol. The van der Waals surface area contributed by atoms with E-state index in [0.29, 0.717) is 17.9 Å². The molecule has 3 nitrogen and oxygen atoms in total. The van der Waals surface area contributed by atoms with E-state index in [0.717, 1.165) is 34.4 Å². The first-order chi connectivity index (χ1) is 11.3. The van der Waals surface area contributed by atoms with Crippen molar-refractivity contribution in [3.8, 4) is 28.4 Å². The Kier molecular flexibility index (Phi) is 3.27. The molecule has 114 valence electrons. The fourth-order valence-electron chi connectivity index (χ4n) is 3.20. The fourth-order valence-corrected chi connectivity index (χ4v) is 3.20. The highest BCUT2D eigenvalue weighted by molar-refractivity contribution is 5.72. The second-order valence-corrected chi connectivity index (χ2v) is 5.63. The molecule has 1 aliphatic carbocycles. The lowest BCUT2D eigenvalue weighted by Gasteiger charge is -2.20. The van der Waals surface area contributed by atoms with Gasteiger partial charge in [0.25, 0.3) is 0 Å². The molecule has 0 amide bonds. The Balaban J connectivity index is 1.96. The Labute approximate surface area is 134 Å². The van der Waals surface area contributed by atoms with Crippen LogP contribution < -0.4 is 10.2 Å². The summed E-state index contributed by atoms with van der Waals surface area (Å²) >= 11 is 0. The first kappa shape index (κ1) is 13.8. The van der Waals surface area contributed by atoms with Crippen molar-refractivity contribution < 1.29 is 9.15 Å². The van der Waals surface area contributed by atoms with Crippen molar-refractivity contribution in [3.63, 3.8) is 0 Å². The molecule has 0 aliphatic heterocycles. The van der Waals surface area contributed by atoms with Crippen LogP contribution in [0.25, 0.3) is 22.6 Å². The van der Waals surface area contributed by atoms with Crippen LogP contribution >= 0.6 is 0 Å². The summed E-state index contributed by atoms with van der Waals surface area (Å²) in [5.74, 6) is 2.13. The van der Waals surface area contributed by atoms with Crippen LogP contribution in [0.2, 0.25) is 0 Å². The van der Waals surface area contributed by atoms with Crippen molar-refractivity contribution in [1.29, 1.82) is 0 Å². The Hall–Kier alpha value is -2.81. The number of rotatable bonds is 2. The summed E-state index contributed by atoms with van der Waals surface area (Å²) in [5.41, 5.74) is 3.77. The molecular weight excluding hydrogens is 288 g/mol. The number of benzene rings is 2. The maximum absolute atomic E-state index is 12.5. The van der Waals surface area contributed by atoms with E-state index >= 15 is 0 Å². The quantitative estimate of drug-likeness (QED) is 0.716. The van der Waals surface area contributed by atoms with E-state index < -0.39 is 0 Å². The first-order valence-electron chi connectivity index (χ1n) is 7.66. The molecule has 1 aliphatic rings. The predicted molar refractivity (Wildman–Crippen MR) is 89.8 cm³/mol. The van der Waals surface area contributed by atoms with Gasteiger partial charge in [-0.05, 0) is 18.9 Å². The van der Waals surface area contributed by atoms with Gasteiger partial charge in [-0.2, -0.15) is 0 Å². The number of ether oxygens (including phenoxy) is 1. The molecule has 2 aromatic carbocycles. The summed E-state index contributed by atoms with van der Waals surface area (Å²) < 4.78 is 11.6. The van der Waals surface area contributed by atoms with Crippen LogP contribution in [-0.4, -0.2) is 7.11 Å². The fraction of sp³-hybridized carbons (Fsp3) is 0.150. The van der Waals surface area contributed by atoms with Gasteiger partial charge in [0.2, 0.25) is 0 Å². The smallest absolute Gasteiger partial charge is 0.189 e. The minimum Gasteiger partial charge on any atom is -0.496 e. The third-order valence-electron chi connectivity index (χ3n) is 4.33. The third-order valence-corrected chi connectivity index (χ3v) is 4.33. The molecule has 23 heavy (non-hydrogen) atoms. The minimum atomic E-state index is 0.0403. The van der Waals surface area contributed by atoms with Crippen LogP contribution in [-0.2, 0) is 12.8 Å². The average Bonchev–Trinajstić information content (AvgIpc) is 2.61. The highest BCUT2D eigenvalue weighted by Gasteiger charge is 2.24. The molecule has 0 N–H and O–H groups in total. The van der Waals surface area contributed by atoms with E-state index in [9.17, 15) is 4.79 Å². The number of hydrogen-bond acceptors (Lipinski definition) is 3. The molecule has 1 aromatic heterocycles. The number of hydrogen-bond donors (Lipinski definition) is 0. The molecule has 0 saturated heterocycles. The van der Waals surface area contributed by atoms with Gasteiger partial charge in [0.15, 0.2) is 5.43 Å². The van der Waals surface area contributed by atoms with E-state index in [1.54, 1.807) is 13.2 Å². The van der Waals surface area contributed by atoms with Crippen molar-refractivity contribution in [2.24, 2.45) is 0 Å². The molecule has 0 atom stereocenters. The van der Waals surface area contributed by atoms with E-state index in [1.165, 1.54) is 0 Å². The Bertz CT molecular complexity index is 923. The summed E-state index contributed by atoms with van der Waals surface area (Å²) in [6.45, 7) is 0. The molecule has 0 spiro atoms. The van der Waals surface area contributed by atoms with Crippen molar-refractivity contribution in [2.45, 2.75) is 12.8 Å². The summed E-state index contributed by atoms with van der Waals surface area (Å²) in [5, 5.41) is 0. The third kappa shape index (κ3) is 2.25. The molecule has 0 unspecified atom stereocenters. The van der Waals surface area contributed by atoms with Gasteiger partial charge in [0, 0.05) is 28.3 Å². The molecule has 1 heterocycles. The van der Waals surface area contributed by atoms with Crippen LogP contribution in [0.4, 0.5) is 0 Å². The topological polar surface area (TPSA) is 39.4 Å². The van der Waals surface area contributed by atoms with Crippen molar-refractivity contribution >= 4 is 0 Å². The standard InChI is InChI=1S/C20H16O3/c1-22-18-9-5-8-15-14(18)10-11-16-17(21)12-19(23-20(15)16)13-6-3-2-4-7-13/h2-9,12H,10-11H2,1H3. The van der Waals surface area contributed by atoms with E-state index in [-0.39, 0.29) is 5.43 Å². The molecular formula is C20H16O3. The maximum atomic E-state index is 12.5. The maximum Gasteiger partial charge on any atom is 0.189 e. The van der Waals surface area contributed by atoms with E-state index in [1.807, 2.05) is 48.5 Å². The molecule has 0 saturated carbocycles. The minimum absolute atomic E-state index is 0.0403. The Morgan fingerprint density at radius 1 is 0.957 bits per heavy atom. The van der Waals surface area contributed by atoms with Gasteiger partial charge in [-0.15, -0.1) is 0 Å². The van der Waals surface area contributed by atoms with Crippen molar-refractivity contribution in [2.75, 3.05) is 7.11 Å². The lowest BCUT2D eigenvalue weighted by Crippen LogP contribution is -2.16. The summed E-state index contributed by atoms with van der Waals surface area (Å²) in [6, 6.07) is 17.2. The predicted octanol–water partition coefficient (Wildman–Crippen LogP) is 4.08. The lowest BCUT2D eigenvalue weighted by atomic mass is 9.89. The monoisotopic (exact) mass is 304 g/mol. The molecule has 3 heteroatoms. The van der Waals surface area contributed by atoms with Crippen LogP contribution in [0, 0.1) is 0 Å². The Morgan fingerprint density at radius 2 is 1.74 bits per heavy atom. The second-order valence-electron chi connectivity index (χ2n) is 5.63. The van der Waals surface area contributed by atoms with Crippen LogP contribution in [0.15, 0.2) is 63.8 Å². The van der Waals surface area contributed by atoms with E-state index in [4.69, 9.17) is 9.15 Å². The first-order valence-corrected chi connectivity index (χ1v) is 7.66. The molecule has 0 radical (unpaired) electrons. The highest BCUT2D eigenvalue weighted by atomic mass is 16.5. The lowest BCUT2D eigenvalue weighted by molar-refractivity contribution is 0.409. The number of fused-ring (bicyclic) bond motifs is 3. The normalized spacial score (nSPS) is 12.4. The summed E-state index contributed by atoms with van der Waals surface area (Å²) in [7, 11) is 1.67. The van der Waals surface area contributed by atoms with Crippen LogP contribution in [0.5, 0.6) is 5.75 Å². The Morgan fingerprint density at radius 3 is 2.52 bits per heavy atom. The summed E-state index contributed by atoms with van der Waals surface area (Å²) in [4.78, 5) is 12.5. The zero-order valence-electron chi connectivity index (χ0n) is 12.8. The zero-order valence-corrected chi connectivity index (χ0v) is 12.8. The van der Waals surface area contributed by atoms with Gasteiger partial charge in [-0.25, -0.2) is 0 Å². The summed E-state index contributed by atoms with van der Waals surface area (Å²) in [6.07, 6.45) is 1.47. The van der Waals surface area contributed by atoms with Gasteiger partial charge < -0.3 is 9.15 Å². The molecule has 0 bridgehead atoms. The van der Waals surface area contributed by atoms with Crippen LogP contribution in [0.1, 0.15) is 11.1 Å². The SMILES string of the molecule is COc1cccc2c1CCc1c-2oc(-c2ccccc2)cc1=O.